The molecule has 0 aliphatic heterocycles. The summed E-state index contributed by atoms with van der Waals surface area (Å²) < 4.78 is 20.1. The lowest BCUT2D eigenvalue weighted by Gasteiger charge is -2.24. The van der Waals surface area contributed by atoms with Gasteiger partial charge >= 0.3 is 0 Å². The van der Waals surface area contributed by atoms with Gasteiger partial charge in [0.2, 0.25) is 0 Å². The zero-order valence-corrected chi connectivity index (χ0v) is 19.2. The summed E-state index contributed by atoms with van der Waals surface area (Å²) in [6.07, 6.45) is 0. The second-order valence-electron chi connectivity index (χ2n) is 6.40. The number of likely N-dealkylation sites (N-methyl/N-ethyl adjacent to an activating group) is 1. The molecule has 0 radical (unpaired) electrons. The summed E-state index contributed by atoms with van der Waals surface area (Å²) in [5, 5.41) is 1.20. The Kier molecular flexibility index (Phi) is 9.30. The molecule has 0 atom stereocenters. The molecule has 30 heavy (non-hydrogen) atoms. The maximum atomic E-state index is 13.8. The molecule has 0 bridgehead atoms. The zero-order valence-electron chi connectivity index (χ0n) is 16.8. The molecular formula is C21H24Cl2FN3O2S. The van der Waals surface area contributed by atoms with E-state index in [1.54, 1.807) is 23.1 Å². The molecule has 1 aromatic heterocycles. The number of hydrogen-bond acceptors (Lipinski definition) is 5. The maximum Gasteiger partial charge on any atom is 0.266 e. The number of rotatable bonds is 9. The minimum Gasteiger partial charge on any atom is -0.481 e. The standard InChI is InChI=1S/C21H23ClFN3O2S.ClH/c1-3-25(4-2)11-12-26(20(27)14-28-18-8-6-5-7-16(18)23)21-24-17-10-9-15(22)13-19(17)29-21;/h5-10,13H,3-4,11-12,14H2,1-2H3;1H. The highest BCUT2D eigenvalue weighted by Crippen LogP contribution is 2.31. The Bertz CT molecular complexity index is 982. The van der Waals surface area contributed by atoms with Gasteiger partial charge < -0.3 is 9.64 Å². The summed E-state index contributed by atoms with van der Waals surface area (Å²) in [6.45, 7) is 6.84. The molecule has 0 saturated heterocycles. The van der Waals surface area contributed by atoms with E-state index in [0.717, 1.165) is 23.3 Å². The van der Waals surface area contributed by atoms with Crippen molar-refractivity contribution in [3.63, 3.8) is 0 Å². The molecule has 162 valence electrons. The molecule has 0 aliphatic rings. The number of aromatic nitrogens is 1. The topological polar surface area (TPSA) is 45.7 Å². The number of amides is 1. The maximum absolute atomic E-state index is 13.8. The van der Waals surface area contributed by atoms with Crippen molar-refractivity contribution in [2.24, 2.45) is 0 Å². The average molecular weight is 472 g/mol. The lowest BCUT2D eigenvalue weighted by molar-refractivity contribution is -0.120. The highest BCUT2D eigenvalue weighted by Gasteiger charge is 2.21. The van der Waals surface area contributed by atoms with E-state index in [0.29, 0.717) is 23.2 Å². The van der Waals surface area contributed by atoms with Crippen molar-refractivity contribution in [1.82, 2.24) is 9.88 Å². The van der Waals surface area contributed by atoms with E-state index in [9.17, 15) is 9.18 Å². The molecule has 1 heterocycles. The SMILES string of the molecule is CCN(CC)CCN(C(=O)COc1ccccc1F)c1nc2ccc(Cl)cc2s1.Cl. The molecule has 0 spiro atoms. The smallest absolute Gasteiger partial charge is 0.266 e. The fourth-order valence-electron chi connectivity index (χ4n) is 2.89. The second-order valence-corrected chi connectivity index (χ2v) is 7.85. The number of fused-ring (bicyclic) bond motifs is 1. The van der Waals surface area contributed by atoms with Crippen molar-refractivity contribution in [2.75, 3.05) is 37.7 Å². The van der Waals surface area contributed by atoms with E-state index in [4.69, 9.17) is 16.3 Å². The zero-order chi connectivity index (χ0) is 20.8. The minimum absolute atomic E-state index is 0. The normalized spacial score (nSPS) is 10.8. The summed E-state index contributed by atoms with van der Waals surface area (Å²) in [6, 6.07) is 11.5. The van der Waals surface area contributed by atoms with E-state index in [2.05, 4.69) is 23.7 Å². The Hall–Kier alpha value is -1.93. The van der Waals surface area contributed by atoms with Gasteiger partial charge in [-0.15, -0.1) is 12.4 Å². The molecule has 3 aromatic rings. The molecule has 5 nitrogen and oxygen atoms in total. The number of carbonyl (C=O) groups is 1. The molecule has 9 heteroatoms. The number of para-hydroxylation sites is 1. The Labute approximate surface area is 190 Å². The fourth-order valence-corrected chi connectivity index (χ4v) is 4.17. The van der Waals surface area contributed by atoms with Gasteiger partial charge in [0, 0.05) is 18.1 Å². The number of anilines is 1. The summed E-state index contributed by atoms with van der Waals surface area (Å²) in [4.78, 5) is 21.4. The number of ether oxygens (including phenoxy) is 1. The Morgan fingerprint density at radius 3 is 2.60 bits per heavy atom. The molecule has 1 amide bonds. The van der Waals surface area contributed by atoms with Crippen LogP contribution in [0.4, 0.5) is 9.52 Å². The third-order valence-electron chi connectivity index (χ3n) is 4.59. The van der Waals surface area contributed by atoms with Gasteiger partial charge in [-0.2, -0.15) is 0 Å². The molecular weight excluding hydrogens is 448 g/mol. The van der Waals surface area contributed by atoms with Gasteiger partial charge in [0.05, 0.1) is 10.2 Å². The van der Waals surface area contributed by atoms with Gasteiger partial charge in [-0.05, 0) is 43.4 Å². The predicted molar refractivity (Wildman–Crippen MR) is 124 cm³/mol. The van der Waals surface area contributed by atoms with E-state index in [1.807, 2.05) is 12.1 Å². The quantitative estimate of drug-likeness (QED) is 0.426. The van der Waals surface area contributed by atoms with E-state index in [-0.39, 0.29) is 30.7 Å². The third kappa shape index (κ3) is 6.04. The average Bonchev–Trinajstić information content (AvgIpc) is 3.13. The van der Waals surface area contributed by atoms with Crippen LogP contribution in [0.15, 0.2) is 42.5 Å². The summed E-state index contributed by atoms with van der Waals surface area (Å²) in [7, 11) is 0. The van der Waals surface area contributed by atoms with Crippen LogP contribution in [0.1, 0.15) is 13.8 Å². The van der Waals surface area contributed by atoms with Gasteiger partial charge in [0.1, 0.15) is 0 Å². The van der Waals surface area contributed by atoms with Crippen LogP contribution in [0.2, 0.25) is 5.02 Å². The van der Waals surface area contributed by atoms with E-state index in [1.165, 1.54) is 23.5 Å². The van der Waals surface area contributed by atoms with Crippen LogP contribution in [0.25, 0.3) is 10.2 Å². The van der Waals surface area contributed by atoms with Gasteiger partial charge in [0.25, 0.3) is 5.91 Å². The van der Waals surface area contributed by atoms with Crippen molar-refractivity contribution < 1.29 is 13.9 Å². The van der Waals surface area contributed by atoms with Crippen LogP contribution < -0.4 is 9.64 Å². The summed E-state index contributed by atoms with van der Waals surface area (Å²) in [5.74, 6) is -0.712. The number of carbonyl (C=O) groups excluding carboxylic acids is 1. The third-order valence-corrected chi connectivity index (χ3v) is 5.87. The first kappa shape index (κ1) is 24.3. The second kappa shape index (κ2) is 11.5. The van der Waals surface area contributed by atoms with Gasteiger partial charge in [-0.25, -0.2) is 9.37 Å². The molecule has 0 N–H and O–H groups in total. The highest BCUT2D eigenvalue weighted by molar-refractivity contribution is 7.22. The Balaban J connectivity index is 0.00000320. The van der Waals surface area contributed by atoms with Crippen molar-refractivity contribution in [3.05, 3.63) is 53.3 Å². The number of hydrogen-bond donors (Lipinski definition) is 0. The molecule has 0 unspecified atom stereocenters. The lowest BCUT2D eigenvalue weighted by Crippen LogP contribution is -2.41. The highest BCUT2D eigenvalue weighted by atomic mass is 35.5. The first-order chi connectivity index (χ1) is 14.0. The minimum atomic E-state index is -0.496. The van der Waals surface area contributed by atoms with Crippen LogP contribution in [0.5, 0.6) is 5.75 Å². The van der Waals surface area contributed by atoms with Crippen molar-refractivity contribution in [2.45, 2.75) is 13.8 Å². The van der Waals surface area contributed by atoms with Crippen LogP contribution in [-0.2, 0) is 4.79 Å². The summed E-state index contributed by atoms with van der Waals surface area (Å²) in [5.41, 5.74) is 0.782. The van der Waals surface area contributed by atoms with Crippen molar-refractivity contribution in [1.29, 1.82) is 0 Å². The number of halogens is 3. The van der Waals surface area contributed by atoms with Crippen molar-refractivity contribution in [3.8, 4) is 5.75 Å². The predicted octanol–water partition coefficient (Wildman–Crippen LogP) is 5.26. The van der Waals surface area contributed by atoms with E-state index < -0.39 is 5.82 Å². The van der Waals surface area contributed by atoms with Gasteiger partial charge in [-0.1, -0.05) is 48.9 Å². The molecule has 3 rings (SSSR count). The largest absolute Gasteiger partial charge is 0.481 e. The molecule has 0 aliphatic carbocycles. The van der Waals surface area contributed by atoms with Crippen LogP contribution in [0, 0.1) is 5.82 Å². The van der Waals surface area contributed by atoms with Crippen LogP contribution in [0.3, 0.4) is 0 Å². The number of benzene rings is 2. The first-order valence-electron chi connectivity index (χ1n) is 9.48. The molecule has 0 saturated carbocycles. The monoisotopic (exact) mass is 471 g/mol. The molecule has 0 fully saturated rings. The first-order valence-corrected chi connectivity index (χ1v) is 10.7. The van der Waals surface area contributed by atoms with Crippen molar-refractivity contribution >= 4 is 56.6 Å². The van der Waals surface area contributed by atoms with Crippen LogP contribution in [-0.4, -0.2) is 48.6 Å². The Morgan fingerprint density at radius 2 is 1.90 bits per heavy atom. The van der Waals surface area contributed by atoms with E-state index >= 15 is 0 Å². The Morgan fingerprint density at radius 1 is 1.17 bits per heavy atom. The fraction of sp³-hybridized carbons (Fsp3) is 0.333. The van der Waals surface area contributed by atoms with Gasteiger partial charge in [-0.3, -0.25) is 9.69 Å². The number of thiazole rings is 1. The lowest BCUT2D eigenvalue weighted by atomic mass is 10.3. The summed E-state index contributed by atoms with van der Waals surface area (Å²) >= 11 is 7.48. The van der Waals surface area contributed by atoms with Gasteiger partial charge in [0.15, 0.2) is 23.3 Å². The molecule has 2 aromatic carbocycles. The van der Waals surface area contributed by atoms with Crippen LogP contribution >= 0.6 is 35.3 Å². The number of nitrogens with zero attached hydrogens (tertiary/aromatic N) is 3.